The summed E-state index contributed by atoms with van der Waals surface area (Å²) < 4.78 is 5.60. The lowest BCUT2D eigenvalue weighted by molar-refractivity contribution is -0.155. The molecule has 9 heteroatoms. The Hall–Kier alpha value is -4.21. The van der Waals surface area contributed by atoms with E-state index in [1.807, 2.05) is 74.5 Å². The van der Waals surface area contributed by atoms with Crippen molar-refractivity contribution in [3.05, 3.63) is 101 Å². The Labute approximate surface area is 251 Å². The van der Waals surface area contributed by atoms with E-state index in [0.717, 1.165) is 22.3 Å². The number of rotatable bonds is 10. The van der Waals surface area contributed by atoms with E-state index in [2.05, 4.69) is 10.6 Å². The highest BCUT2D eigenvalue weighted by Crippen LogP contribution is 2.32. The second-order valence-corrected chi connectivity index (χ2v) is 11.5. The molecule has 2 aliphatic heterocycles. The van der Waals surface area contributed by atoms with Crippen LogP contribution < -0.4 is 15.4 Å². The fourth-order valence-corrected chi connectivity index (χ4v) is 5.88. The van der Waals surface area contributed by atoms with Crippen LogP contribution in [0.4, 0.5) is 0 Å². The van der Waals surface area contributed by atoms with Crippen molar-refractivity contribution in [3.63, 3.8) is 0 Å². The summed E-state index contributed by atoms with van der Waals surface area (Å²) in [5.41, 5.74) is 4.75. The van der Waals surface area contributed by atoms with Gasteiger partial charge in [0.05, 0.1) is 6.04 Å². The Bertz CT molecular complexity index is 1440. The molecule has 226 valence electrons. The largest absolute Gasteiger partial charge is 0.490 e. The molecule has 9 nitrogen and oxygen atoms in total. The molecule has 5 atom stereocenters. The van der Waals surface area contributed by atoms with Crippen molar-refractivity contribution in [3.8, 4) is 5.75 Å². The molecule has 0 aliphatic carbocycles. The molecular weight excluding hydrogens is 546 g/mol. The SMILES string of the molecule is Cc1cccc(C)c1CNC(=O)[C@@H]1CCN1C(=O)[C@@H](O)C[C@@H](Cc1ccccc1)C(=O)N[C@H]1c2ccccc2OC[C@H]1O. The molecule has 1 saturated heterocycles. The van der Waals surface area contributed by atoms with Gasteiger partial charge in [-0.25, -0.2) is 0 Å². The molecule has 0 saturated carbocycles. The van der Waals surface area contributed by atoms with Gasteiger partial charge in [0.25, 0.3) is 5.91 Å². The summed E-state index contributed by atoms with van der Waals surface area (Å²) in [5, 5.41) is 27.6. The lowest BCUT2D eigenvalue weighted by Crippen LogP contribution is -2.60. The number of hydrogen-bond donors (Lipinski definition) is 4. The molecule has 0 spiro atoms. The summed E-state index contributed by atoms with van der Waals surface area (Å²) in [6.45, 7) is 4.74. The van der Waals surface area contributed by atoms with Gasteiger partial charge >= 0.3 is 0 Å². The predicted molar refractivity (Wildman–Crippen MR) is 161 cm³/mol. The zero-order chi connectivity index (χ0) is 30.5. The number of para-hydroxylation sites is 1. The number of benzene rings is 3. The molecule has 5 rings (SSSR count). The maximum Gasteiger partial charge on any atom is 0.252 e. The van der Waals surface area contributed by atoms with Gasteiger partial charge in [0.2, 0.25) is 11.8 Å². The summed E-state index contributed by atoms with van der Waals surface area (Å²) in [5.74, 6) is -1.39. The molecule has 0 bridgehead atoms. The van der Waals surface area contributed by atoms with Crippen molar-refractivity contribution < 1.29 is 29.3 Å². The van der Waals surface area contributed by atoms with Gasteiger partial charge in [-0.3, -0.25) is 14.4 Å². The second kappa shape index (κ2) is 13.4. The molecule has 3 amide bonds. The van der Waals surface area contributed by atoms with Crippen molar-refractivity contribution >= 4 is 17.7 Å². The van der Waals surface area contributed by atoms with E-state index < -0.39 is 36.1 Å². The first-order chi connectivity index (χ1) is 20.7. The van der Waals surface area contributed by atoms with Crippen LogP contribution in [-0.4, -0.2) is 64.2 Å². The van der Waals surface area contributed by atoms with Gasteiger partial charge in [-0.15, -0.1) is 0 Å². The van der Waals surface area contributed by atoms with Crippen molar-refractivity contribution in [2.75, 3.05) is 13.2 Å². The van der Waals surface area contributed by atoms with E-state index in [1.165, 1.54) is 4.90 Å². The van der Waals surface area contributed by atoms with Crippen LogP contribution in [0.15, 0.2) is 72.8 Å². The first-order valence-electron chi connectivity index (χ1n) is 14.8. The topological polar surface area (TPSA) is 128 Å². The lowest BCUT2D eigenvalue weighted by Gasteiger charge is -2.41. The molecule has 4 N–H and O–H groups in total. The van der Waals surface area contributed by atoms with E-state index in [1.54, 1.807) is 12.1 Å². The van der Waals surface area contributed by atoms with E-state index in [0.29, 0.717) is 30.8 Å². The third kappa shape index (κ3) is 6.89. The standard InChI is InChI=1S/C34H39N3O6/c1-21-9-8-10-22(2)26(21)19-35-33(41)27-15-16-37(27)34(42)28(38)18-24(17-23-11-4-3-5-12-23)32(40)36-31-25-13-6-7-14-30(25)43-20-29(31)39/h3-14,24,27-29,31,38-39H,15-20H2,1-2H3,(H,35,41)(H,36,40)/t24-,27+,28+,29-,31+/m1/s1. The number of aryl methyl sites for hydroxylation is 2. The minimum absolute atomic E-state index is 0.0360. The van der Waals surface area contributed by atoms with Crippen LogP contribution in [0.25, 0.3) is 0 Å². The molecule has 1 fully saturated rings. The highest BCUT2D eigenvalue weighted by Gasteiger charge is 2.41. The number of fused-ring (bicyclic) bond motifs is 1. The zero-order valence-corrected chi connectivity index (χ0v) is 24.5. The smallest absolute Gasteiger partial charge is 0.252 e. The number of carbonyl (C=O) groups is 3. The van der Waals surface area contributed by atoms with Crippen LogP contribution in [0.2, 0.25) is 0 Å². The summed E-state index contributed by atoms with van der Waals surface area (Å²) >= 11 is 0. The Morgan fingerprint density at radius 2 is 1.67 bits per heavy atom. The molecule has 0 aromatic heterocycles. The number of amides is 3. The summed E-state index contributed by atoms with van der Waals surface area (Å²) in [6.07, 6.45) is -1.76. The number of hydrogen-bond acceptors (Lipinski definition) is 6. The number of carbonyl (C=O) groups excluding carboxylic acids is 3. The molecule has 3 aromatic carbocycles. The lowest BCUT2D eigenvalue weighted by atomic mass is 9.90. The molecule has 2 heterocycles. The fourth-order valence-electron chi connectivity index (χ4n) is 5.88. The van der Waals surface area contributed by atoms with Crippen LogP contribution in [0, 0.1) is 19.8 Å². The third-order valence-electron chi connectivity index (χ3n) is 8.52. The monoisotopic (exact) mass is 585 g/mol. The summed E-state index contributed by atoms with van der Waals surface area (Å²) in [4.78, 5) is 41.4. The van der Waals surface area contributed by atoms with Crippen molar-refractivity contribution in [1.29, 1.82) is 0 Å². The Morgan fingerprint density at radius 3 is 2.37 bits per heavy atom. The number of aliphatic hydroxyl groups is 2. The minimum Gasteiger partial charge on any atom is -0.490 e. The van der Waals surface area contributed by atoms with Gasteiger partial charge in [0.1, 0.15) is 30.6 Å². The predicted octanol–water partition coefficient (Wildman–Crippen LogP) is 2.74. The summed E-state index contributed by atoms with van der Waals surface area (Å²) in [7, 11) is 0. The van der Waals surface area contributed by atoms with Gasteiger partial charge in [0, 0.05) is 24.6 Å². The van der Waals surface area contributed by atoms with Crippen LogP contribution in [0.3, 0.4) is 0 Å². The Balaban J connectivity index is 1.25. The van der Waals surface area contributed by atoms with Crippen LogP contribution in [0.5, 0.6) is 5.75 Å². The molecule has 3 aromatic rings. The molecule has 0 radical (unpaired) electrons. The van der Waals surface area contributed by atoms with E-state index >= 15 is 0 Å². The van der Waals surface area contributed by atoms with Crippen LogP contribution in [-0.2, 0) is 27.3 Å². The maximum atomic E-state index is 13.7. The Kier molecular flexibility index (Phi) is 9.43. The summed E-state index contributed by atoms with van der Waals surface area (Å²) in [6, 6.07) is 21.2. The number of aliphatic hydroxyl groups excluding tert-OH is 2. The second-order valence-electron chi connectivity index (χ2n) is 11.5. The fraction of sp³-hybridized carbons (Fsp3) is 0.382. The van der Waals surface area contributed by atoms with Gasteiger partial charge in [-0.1, -0.05) is 66.7 Å². The van der Waals surface area contributed by atoms with Gasteiger partial charge < -0.3 is 30.5 Å². The van der Waals surface area contributed by atoms with Crippen molar-refractivity contribution in [2.45, 2.75) is 63.9 Å². The quantitative estimate of drug-likeness (QED) is 0.290. The average Bonchev–Trinajstić information content (AvgIpc) is 2.98. The van der Waals surface area contributed by atoms with E-state index in [4.69, 9.17) is 4.74 Å². The van der Waals surface area contributed by atoms with Gasteiger partial charge in [-0.05, 0) is 61.4 Å². The number of likely N-dealkylation sites (tertiary alicyclic amines) is 1. The molecular formula is C34H39N3O6. The first-order valence-corrected chi connectivity index (χ1v) is 14.8. The minimum atomic E-state index is -1.47. The first kappa shape index (κ1) is 30.3. The van der Waals surface area contributed by atoms with Crippen molar-refractivity contribution in [2.24, 2.45) is 5.92 Å². The normalized spacial score (nSPS) is 20.6. The maximum absolute atomic E-state index is 13.7. The number of ether oxygens (including phenoxy) is 1. The van der Waals surface area contributed by atoms with Crippen LogP contribution >= 0.6 is 0 Å². The van der Waals surface area contributed by atoms with E-state index in [9.17, 15) is 24.6 Å². The third-order valence-corrected chi connectivity index (χ3v) is 8.52. The number of nitrogens with one attached hydrogen (secondary N) is 2. The van der Waals surface area contributed by atoms with Gasteiger partial charge in [0.15, 0.2) is 0 Å². The average molecular weight is 586 g/mol. The van der Waals surface area contributed by atoms with E-state index in [-0.39, 0.29) is 31.3 Å². The van der Waals surface area contributed by atoms with Gasteiger partial charge in [-0.2, -0.15) is 0 Å². The molecule has 2 aliphatic rings. The highest BCUT2D eigenvalue weighted by molar-refractivity contribution is 5.91. The van der Waals surface area contributed by atoms with Crippen molar-refractivity contribution in [1.82, 2.24) is 15.5 Å². The molecule has 43 heavy (non-hydrogen) atoms. The number of nitrogens with zero attached hydrogens (tertiary/aromatic N) is 1. The Morgan fingerprint density at radius 1 is 0.977 bits per heavy atom. The molecule has 0 unspecified atom stereocenters. The van der Waals surface area contributed by atoms with Crippen LogP contribution in [0.1, 0.15) is 46.7 Å². The highest BCUT2D eigenvalue weighted by atomic mass is 16.5. The zero-order valence-electron chi connectivity index (χ0n) is 24.5.